The van der Waals surface area contributed by atoms with E-state index in [4.69, 9.17) is 14.2 Å². The minimum atomic E-state index is -1.12. The molecule has 9 nitrogen and oxygen atoms in total. The lowest BCUT2D eigenvalue weighted by Gasteiger charge is -2.25. The maximum absolute atomic E-state index is 13.1. The molecule has 0 saturated carbocycles. The van der Waals surface area contributed by atoms with Crippen LogP contribution in [-0.4, -0.2) is 61.6 Å². The second-order valence-corrected chi connectivity index (χ2v) is 9.59. The molecule has 3 atom stereocenters. The van der Waals surface area contributed by atoms with Crippen LogP contribution in [0.25, 0.3) is 11.1 Å². The number of alkyl carbamates (subject to hydrolysis) is 1. The largest absolute Gasteiger partial charge is 0.479 e. The smallest absolute Gasteiger partial charge is 0.407 e. The second-order valence-electron chi connectivity index (χ2n) is 9.59. The van der Waals surface area contributed by atoms with Crippen molar-refractivity contribution < 1.29 is 33.7 Å². The Hall–Kier alpha value is -4.21. The fourth-order valence-corrected chi connectivity index (χ4v) is 4.84. The van der Waals surface area contributed by atoms with Gasteiger partial charge in [0, 0.05) is 26.0 Å². The van der Waals surface area contributed by atoms with E-state index in [-0.39, 0.29) is 32.1 Å². The first-order valence-corrected chi connectivity index (χ1v) is 13.2. The van der Waals surface area contributed by atoms with Gasteiger partial charge in [0.1, 0.15) is 12.6 Å². The molecule has 3 aromatic rings. The Kier molecular flexibility index (Phi) is 9.88. The van der Waals surface area contributed by atoms with Gasteiger partial charge in [-0.05, 0) is 34.7 Å². The Bertz CT molecular complexity index is 1270. The van der Waals surface area contributed by atoms with Gasteiger partial charge in [-0.2, -0.15) is 0 Å². The Morgan fingerprint density at radius 2 is 1.50 bits per heavy atom. The summed E-state index contributed by atoms with van der Waals surface area (Å²) in [4.78, 5) is 37.3. The van der Waals surface area contributed by atoms with E-state index in [9.17, 15) is 19.5 Å². The van der Waals surface area contributed by atoms with E-state index in [1.165, 1.54) is 7.11 Å². The number of carbonyl (C=O) groups is 3. The summed E-state index contributed by atoms with van der Waals surface area (Å²) in [5.41, 5.74) is 5.30. The van der Waals surface area contributed by atoms with Crippen LogP contribution < -0.4 is 10.6 Å². The molecule has 0 fully saturated rings. The molecule has 0 aliphatic heterocycles. The van der Waals surface area contributed by atoms with Crippen molar-refractivity contribution in [3.63, 3.8) is 0 Å². The number of amides is 2. The first-order chi connectivity index (χ1) is 19.4. The van der Waals surface area contributed by atoms with E-state index in [0.717, 1.165) is 27.8 Å². The summed E-state index contributed by atoms with van der Waals surface area (Å²) in [5.74, 6) is -1.77. The number of ether oxygens (including phenoxy) is 3. The summed E-state index contributed by atoms with van der Waals surface area (Å²) in [7, 11) is 1.29. The van der Waals surface area contributed by atoms with Crippen molar-refractivity contribution in [1.82, 2.24) is 10.6 Å². The highest BCUT2D eigenvalue weighted by molar-refractivity contribution is 5.86. The number of nitrogens with one attached hydrogen (secondary N) is 2. The van der Waals surface area contributed by atoms with Crippen molar-refractivity contribution in [3.8, 4) is 11.1 Å². The zero-order valence-corrected chi connectivity index (χ0v) is 22.5. The first kappa shape index (κ1) is 28.8. The third-order valence-corrected chi connectivity index (χ3v) is 6.99. The van der Waals surface area contributed by atoms with E-state index in [1.54, 1.807) is 6.92 Å². The van der Waals surface area contributed by atoms with Crippen molar-refractivity contribution in [2.45, 2.75) is 44.1 Å². The number of rotatable bonds is 13. The van der Waals surface area contributed by atoms with Crippen LogP contribution in [0, 0.1) is 0 Å². The van der Waals surface area contributed by atoms with E-state index >= 15 is 0 Å². The fourth-order valence-electron chi connectivity index (χ4n) is 4.84. The fraction of sp³-hybridized carbons (Fsp3) is 0.323. The lowest BCUT2D eigenvalue weighted by atomic mass is 9.98. The number of aliphatic carboxylic acids is 1. The molecule has 40 heavy (non-hydrogen) atoms. The Morgan fingerprint density at radius 1 is 0.900 bits per heavy atom. The van der Waals surface area contributed by atoms with E-state index in [2.05, 4.69) is 22.8 Å². The highest BCUT2D eigenvalue weighted by Crippen LogP contribution is 2.44. The minimum Gasteiger partial charge on any atom is -0.479 e. The number of hydrogen-bond acceptors (Lipinski definition) is 6. The monoisotopic (exact) mass is 546 g/mol. The molecule has 0 heterocycles. The molecule has 0 saturated heterocycles. The zero-order chi connectivity index (χ0) is 28.5. The summed E-state index contributed by atoms with van der Waals surface area (Å²) in [6, 6.07) is 24.4. The van der Waals surface area contributed by atoms with Gasteiger partial charge in [0.2, 0.25) is 5.91 Å². The van der Waals surface area contributed by atoms with E-state index < -0.39 is 36.2 Å². The van der Waals surface area contributed by atoms with Crippen LogP contribution in [-0.2, 0) is 30.4 Å². The number of hydrogen-bond donors (Lipinski definition) is 3. The second kappa shape index (κ2) is 13.7. The van der Waals surface area contributed by atoms with Gasteiger partial charge in [0.15, 0.2) is 6.10 Å². The van der Waals surface area contributed by atoms with Crippen molar-refractivity contribution in [2.75, 3.05) is 20.3 Å². The number of fused-ring (bicyclic) bond motifs is 3. The molecule has 4 rings (SSSR count). The predicted octanol–water partition coefficient (Wildman–Crippen LogP) is 4.10. The number of carboxylic acid groups (broad SMARTS) is 1. The molecule has 0 bridgehead atoms. The van der Waals surface area contributed by atoms with Crippen LogP contribution in [0.5, 0.6) is 0 Å². The third kappa shape index (κ3) is 7.05. The minimum absolute atomic E-state index is 0.0396. The lowest BCUT2D eigenvalue weighted by Crippen LogP contribution is -2.53. The van der Waals surface area contributed by atoms with E-state index in [1.807, 2.05) is 66.7 Å². The van der Waals surface area contributed by atoms with E-state index in [0.29, 0.717) is 0 Å². The van der Waals surface area contributed by atoms with Gasteiger partial charge in [-0.25, -0.2) is 9.59 Å². The van der Waals surface area contributed by atoms with Crippen LogP contribution >= 0.6 is 0 Å². The van der Waals surface area contributed by atoms with Gasteiger partial charge in [-0.15, -0.1) is 0 Å². The molecule has 2 amide bonds. The molecule has 0 radical (unpaired) electrons. The van der Waals surface area contributed by atoms with Gasteiger partial charge in [0.25, 0.3) is 0 Å². The number of carbonyl (C=O) groups excluding carboxylic acids is 2. The topological polar surface area (TPSA) is 123 Å². The van der Waals surface area contributed by atoms with Gasteiger partial charge < -0.3 is 30.0 Å². The van der Waals surface area contributed by atoms with Gasteiger partial charge in [0.05, 0.1) is 12.7 Å². The predicted molar refractivity (Wildman–Crippen MR) is 149 cm³/mol. The average molecular weight is 547 g/mol. The number of methoxy groups -OCH3 is 1. The van der Waals surface area contributed by atoms with Crippen molar-refractivity contribution in [1.29, 1.82) is 0 Å². The number of benzene rings is 3. The molecule has 9 heteroatoms. The Labute approximate surface area is 233 Å². The standard InChI is InChI=1S/C31H34N2O7/c1-20(39-18-21-10-4-3-5-11-21)28(29(34)32-17-16-27(38-2)30(35)36)33-31(37)40-19-26-24-14-8-6-12-22(24)23-13-7-9-15-25(23)26/h3-15,20,26-28H,16-19H2,1-2H3,(H,32,34)(H,33,37)(H,35,36). The zero-order valence-electron chi connectivity index (χ0n) is 22.5. The summed E-state index contributed by atoms with van der Waals surface area (Å²) in [6.07, 6.45) is -2.45. The van der Waals surface area contributed by atoms with Crippen LogP contribution in [0.3, 0.4) is 0 Å². The highest BCUT2D eigenvalue weighted by atomic mass is 16.5. The summed E-state index contributed by atoms with van der Waals surface area (Å²) in [5, 5.41) is 14.5. The van der Waals surface area contributed by atoms with Crippen LogP contribution in [0.15, 0.2) is 78.9 Å². The average Bonchev–Trinajstić information content (AvgIpc) is 3.29. The molecule has 3 N–H and O–H groups in total. The molecule has 210 valence electrons. The van der Waals surface area contributed by atoms with Crippen LogP contribution in [0.1, 0.15) is 36.0 Å². The molecule has 1 aliphatic rings. The highest BCUT2D eigenvalue weighted by Gasteiger charge is 2.31. The first-order valence-electron chi connectivity index (χ1n) is 13.2. The summed E-state index contributed by atoms with van der Waals surface area (Å²) >= 11 is 0. The molecule has 0 aromatic heterocycles. The van der Waals surface area contributed by atoms with Crippen LogP contribution in [0.4, 0.5) is 4.79 Å². The number of carboxylic acids is 1. The normalized spacial score (nSPS) is 14.3. The molecule has 0 spiro atoms. The molecule has 3 aromatic carbocycles. The third-order valence-electron chi connectivity index (χ3n) is 6.99. The van der Waals surface area contributed by atoms with Gasteiger partial charge in [-0.3, -0.25) is 4.79 Å². The van der Waals surface area contributed by atoms with Crippen molar-refractivity contribution in [3.05, 3.63) is 95.6 Å². The molecule has 3 unspecified atom stereocenters. The lowest BCUT2D eigenvalue weighted by molar-refractivity contribution is -0.149. The maximum atomic E-state index is 13.1. The van der Waals surface area contributed by atoms with Crippen molar-refractivity contribution >= 4 is 18.0 Å². The van der Waals surface area contributed by atoms with Crippen molar-refractivity contribution in [2.24, 2.45) is 0 Å². The Morgan fingerprint density at radius 3 is 2.10 bits per heavy atom. The molecule has 1 aliphatic carbocycles. The molecular formula is C31H34N2O7. The quantitative estimate of drug-likeness (QED) is 0.295. The van der Waals surface area contributed by atoms with Crippen LogP contribution in [0.2, 0.25) is 0 Å². The maximum Gasteiger partial charge on any atom is 0.407 e. The molecular weight excluding hydrogens is 512 g/mol. The SMILES string of the molecule is COC(CCNC(=O)C(NC(=O)OCC1c2ccccc2-c2ccccc21)C(C)OCc1ccccc1)C(=O)O. The Balaban J connectivity index is 1.40. The summed E-state index contributed by atoms with van der Waals surface area (Å²) in [6.45, 7) is 2.06. The summed E-state index contributed by atoms with van der Waals surface area (Å²) < 4.78 is 16.5. The van der Waals surface area contributed by atoms with Gasteiger partial charge >= 0.3 is 12.1 Å². The van der Waals surface area contributed by atoms with Gasteiger partial charge in [-0.1, -0.05) is 78.9 Å².